The molecule has 1 N–H and O–H groups in total. The number of rotatable bonds is 4. The number of aromatic nitrogens is 1. The molecule has 110 valence electrons. The number of benzene rings is 1. The van der Waals surface area contributed by atoms with Gasteiger partial charge in [0, 0.05) is 12.2 Å². The van der Waals surface area contributed by atoms with Gasteiger partial charge in [-0.05, 0) is 49.9 Å². The summed E-state index contributed by atoms with van der Waals surface area (Å²) in [5.74, 6) is 0.606. The summed E-state index contributed by atoms with van der Waals surface area (Å²) < 4.78 is 0. The highest BCUT2D eigenvalue weighted by Gasteiger charge is 2.25. The molecule has 0 spiro atoms. The van der Waals surface area contributed by atoms with Crippen molar-refractivity contribution >= 4 is 22.3 Å². The van der Waals surface area contributed by atoms with E-state index in [0.717, 1.165) is 0 Å². The molecule has 1 fully saturated rings. The zero-order valence-electron chi connectivity index (χ0n) is 12.1. The third kappa shape index (κ3) is 2.68. The molecule has 21 heavy (non-hydrogen) atoms. The number of fused-ring (bicyclic) bond motifs is 1. The Labute approximate surface area is 123 Å². The second-order valence-corrected chi connectivity index (χ2v) is 5.77. The van der Waals surface area contributed by atoms with Crippen molar-refractivity contribution in [1.29, 1.82) is 0 Å². The molecule has 2 aromatic rings. The predicted octanol–water partition coefficient (Wildman–Crippen LogP) is 4.13. The second kappa shape index (κ2) is 5.68. The first-order valence-corrected chi connectivity index (χ1v) is 7.45. The van der Waals surface area contributed by atoms with Gasteiger partial charge < -0.3 is 5.32 Å². The number of nitro benzene ring substituents is 1. The van der Waals surface area contributed by atoms with Crippen LogP contribution in [0.25, 0.3) is 10.9 Å². The van der Waals surface area contributed by atoms with Crippen molar-refractivity contribution in [3.05, 3.63) is 40.6 Å². The summed E-state index contributed by atoms with van der Waals surface area (Å²) in [5.41, 5.74) is 1.38. The SMILES string of the molecule is CC(Nc1ccc2ncccc2c1[N+](=O)[O-])C1CCCC1. The van der Waals surface area contributed by atoms with Gasteiger partial charge in [-0.2, -0.15) is 0 Å². The Kier molecular flexibility index (Phi) is 3.73. The van der Waals surface area contributed by atoms with Gasteiger partial charge in [-0.25, -0.2) is 0 Å². The van der Waals surface area contributed by atoms with Crippen LogP contribution in [0, 0.1) is 16.0 Å². The van der Waals surface area contributed by atoms with Crippen molar-refractivity contribution in [2.75, 3.05) is 5.32 Å². The van der Waals surface area contributed by atoms with E-state index < -0.39 is 0 Å². The Balaban J connectivity index is 1.97. The van der Waals surface area contributed by atoms with Crippen LogP contribution in [0.3, 0.4) is 0 Å². The van der Waals surface area contributed by atoms with Crippen LogP contribution < -0.4 is 5.32 Å². The number of nitro groups is 1. The maximum atomic E-state index is 11.5. The number of hydrogen-bond donors (Lipinski definition) is 1. The number of nitrogens with zero attached hydrogens (tertiary/aromatic N) is 2. The van der Waals surface area contributed by atoms with Crippen LogP contribution in [0.2, 0.25) is 0 Å². The number of hydrogen-bond acceptors (Lipinski definition) is 4. The van der Waals surface area contributed by atoms with Crippen LogP contribution in [0.5, 0.6) is 0 Å². The summed E-state index contributed by atoms with van der Waals surface area (Å²) in [6.07, 6.45) is 6.59. The van der Waals surface area contributed by atoms with Gasteiger partial charge in [-0.1, -0.05) is 12.8 Å². The van der Waals surface area contributed by atoms with Crippen molar-refractivity contribution in [3.63, 3.8) is 0 Å². The van der Waals surface area contributed by atoms with Gasteiger partial charge in [-0.3, -0.25) is 15.1 Å². The quantitative estimate of drug-likeness (QED) is 0.677. The van der Waals surface area contributed by atoms with E-state index in [1.807, 2.05) is 6.07 Å². The molecule has 1 atom stereocenters. The average molecular weight is 285 g/mol. The predicted molar refractivity (Wildman–Crippen MR) is 83.4 cm³/mol. The van der Waals surface area contributed by atoms with E-state index in [-0.39, 0.29) is 16.7 Å². The highest BCUT2D eigenvalue weighted by molar-refractivity contribution is 5.94. The Morgan fingerprint density at radius 1 is 1.33 bits per heavy atom. The zero-order chi connectivity index (χ0) is 14.8. The lowest BCUT2D eigenvalue weighted by Crippen LogP contribution is -2.24. The summed E-state index contributed by atoms with van der Waals surface area (Å²) in [4.78, 5) is 15.4. The maximum Gasteiger partial charge on any atom is 0.301 e. The Morgan fingerprint density at radius 3 is 2.81 bits per heavy atom. The minimum atomic E-state index is -0.312. The molecule has 0 saturated heterocycles. The van der Waals surface area contributed by atoms with E-state index >= 15 is 0 Å². The molecular formula is C16H19N3O2. The van der Waals surface area contributed by atoms with Crippen LogP contribution in [0.4, 0.5) is 11.4 Å². The summed E-state index contributed by atoms with van der Waals surface area (Å²) in [5, 5.41) is 15.4. The largest absolute Gasteiger partial charge is 0.377 e. The van der Waals surface area contributed by atoms with Crippen molar-refractivity contribution in [2.45, 2.75) is 38.6 Å². The lowest BCUT2D eigenvalue weighted by molar-refractivity contribution is -0.382. The van der Waals surface area contributed by atoms with Crippen LogP contribution >= 0.6 is 0 Å². The molecule has 1 aliphatic rings. The topological polar surface area (TPSA) is 68.1 Å². The fourth-order valence-corrected chi connectivity index (χ4v) is 3.27. The molecule has 1 aromatic heterocycles. The van der Waals surface area contributed by atoms with E-state index in [1.165, 1.54) is 25.7 Å². The molecule has 1 heterocycles. The van der Waals surface area contributed by atoms with Gasteiger partial charge in [0.05, 0.1) is 15.8 Å². The van der Waals surface area contributed by atoms with Gasteiger partial charge in [0.2, 0.25) is 0 Å². The van der Waals surface area contributed by atoms with Crippen LogP contribution in [-0.4, -0.2) is 15.9 Å². The Morgan fingerprint density at radius 2 is 2.10 bits per heavy atom. The van der Waals surface area contributed by atoms with E-state index in [4.69, 9.17) is 0 Å². The summed E-state index contributed by atoms with van der Waals surface area (Å²) in [7, 11) is 0. The lowest BCUT2D eigenvalue weighted by Gasteiger charge is -2.21. The van der Waals surface area contributed by atoms with Crippen LogP contribution in [0.15, 0.2) is 30.5 Å². The number of anilines is 1. The molecule has 3 rings (SSSR count). The molecule has 5 heteroatoms. The fraction of sp³-hybridized carbons (Fsp3) is 0.438. The average Bonchev–Trinajstić information content (AvgIpc) is 3.01. The highest BCUT2D eigenvalue weighted by Crippen LogP contribution is 2.35. The van der Waals surface area contributed by atoms with Gasteiger partial charge in [0.1, 0.15) is 5.69 Å². The van der Waals surface area contributed by atoms with E-state index in [2.05, 4.69) is 17.2 Å². The van der Waals surface area contributed by atoms with Gasteiger partial charge in [0.15, 0.2) is 0 Å². The van der Waals surface area contributed by atoms with E-state index in [0.29, 0.717) is 22.5 Å². The fourth-order valence-electron chi connectivity index (χ4n) is 3.27. The monoisotopic (exact) mass is 285 g/mol. The molecule has 1 unspecified atom stereocenters. The van der Waals surface area contributed by atoms with E-state index in [1.54, 1.807) is 24.4 Å². The molecule has 1 aromatic carbocycles. The summed E-state index contributed by atoms with van der Waals surface area (Å²) in [6.45, 7) is 2.12. The Hall–Kier alpha value is -2.17. The first kappa shape index (κ1) is 13.8. The Bertz CT molecular complexity index is 666. The number of nitrogens with one attached hydrogen (secondary N) is 1. The number of pyridine rings is 1. The third-order valence-corrected chi connectivity index (χ3v) is 4.43. The second-order valence-electron chi connectivity index (χ2n) is 5.77. The molecule has 0 bridgehead atoms. The maximum absolute atomic E-state index is 11.5. The molecular weight excluding hydrogens is 266 g/mol. The first-order valence-electron chi connectivity index (χ1n) is 7.45. The standard InChI is InChI=1S/C16H19N3O2/c1-11(12-5-2-3-6-12)18-15-9-8-14-13(7-4-10-17-14)16(15)19(20)21/h4,7-12,18H,2-3,5-6H2,1H3. The van der Waals surface area contributed by atoms with Crippen LogP contribution in [-0.2, 0) is 0 Å². The van der Waals surface area contributed by atoms with Gasteiger partial charge in [-0.15, -0.1) is 0 Å². The minimum Gasteiger partial charge on any atom is -0.377 e. The van der Waals surface area contributed by atoms with Crippen molar-refractivity contribution in [3.8, 4) is 0 Å². The van der Waals surface area contributed by atoms with Crippen molar-refractivity contribution in [2.24, 2.45) is 5.92 Å². The smallest absolute Gasteiger partial charge is 0.301 e. The third-order valence-electron chi connectivity index (χ3n) is 4.43. The molecule has 5 nitrogen and oxygen atoms in total. The first-order chi connectivity index (χ1) is 10.2. The van der Waals surface area contributed by atoms with E-state index in [9.17, 15) is 10.1 Å². The molecule has 1 saturated carbocycles. The molecule has 0 aliphatic heterocycles. The normalized spacial score (nSPS) is 17.0. The highest BCUT2D eigenvalue weighted by atomic mass is 16.6. The molecule has 0 radical (unpaired) electrons. The van der Waals surface area contributed by atoms with Crippen molar-refractivity contribution < 1.29 is 4.92 Å². The summed E-state index contributed by atoms with van der Waals surface area (Å²) >= 11 is 0. The minimum absolute atomic E-state index is 0.130. The van der Waals surface area contributed by atoms with Gasteiger partial charge in [0.25, 0.3) is 0 Å². The lowest BCUT2D eigenvalue weighted by atomic mass is 9.99. The van der Waals surface area contributed by atoms with Gasteiger partial charge >= 0.3 is 5.69 Å². The van der Waals surface area contributed by atoms with Crippen molar-refractivity contribution in [1.82, 2.24) is 4.98 Å². The zero-order valence-corrected chi connectivity index (χ0v) is 12.1. The summed E-state index contributed by atoms with van der Waals surface area (Å²) in [6, 6.07) is 7.36. The van der Waals surface area contributed by atoms with Crippen LogP contribution in [0.1, 0.15) is 32.6 Å². The molecule has 0 amide bonds. The molecule has 1 aliphatic carbocycles.